The second kappa shape index (κ2) is 9.07. The third-order valence-electron chi connectivity index (χ3n) is 5.88. The van der Waals surface area contributed by atoms with Gasteiger partial charge in [-0.05, 0) is 41.9 Å². The number of carbonyl (C=O) groups is 2. The Morgan fingerprint density at radius 2 is 1.61 bits per heavy atom. The monoisotopic (exact) mass is 461 g/mol. The van der Waals surface area contributed by atoms with Crippen molar-refractivity contribution in [2.75, 3.05) is 11.9 Å². The molecule has 1 heterocycles. The lowest BCUT2D eigenvalue weighted by Gasteiger charge is -2.54. The molecule has 2 atom stereocenters. The van der Waals surface area contributed by atoms with Crippen molar-refractivity contribution in [3.05, 3.63) is 106 Å². The maximum Gasteiger partial charge on any atom is 0.283 e. The average molecular weight is 462 g/mol. The Morgan fingerprint density at radius 1 is 1.03 bits per heavy atom. The lowest BCUT2D eigenvalue weighted by atomic mass is 9.81. The van der Waals surface area contributed by atoms with Crippen LogP contribution in [0.4, 0.5) is 16.2 Å². The molecule has 168 valence electrons. The van der Waals surface area contributed by atoms with Gasteiger partial charge in [0.25, 0.3) is 16.8 Å². The van der Waals surface area contributed by atoms with Crippen molar-refractivity contribution < 1.29 is 14.5 Å². The Bertz CT molecular complexity index is 1170. The van der Waals surface area contributed by atoms with Gasteiger partial charge in [0.05, 0.1) is 11.0 Å². The van der Waals surface area contributed by atoms with Gasteiger partial charge in [-0.1, -0.05) is 60.7 Å². The van der Waals surface area contributed by atoms with Crippen LogP contribution in [0.15, 0.2) is 84.9 Å². The van der Waals surface area contributed by atoms with Gasteiger partial charge >= 0.3 is 0 Å². The Hall–Kier alpha value is -3.65. The van der Waals surface area contributed by atoms with Gasteiger partial charge in [0.1, 0.15) is 4.75 Å². The van der Waals surface area contributed by atoms with Gasteiger partial charge in [-0.15, -0.1) is 0 Å². The second-order valence-electron chi connectivity index (χ2n) is 7.94. The number of anilines is 1. The van der Waals surface area contributed by atoms with Crippen LogP contribution in [0.25, 0.3) is 0 Å². The van der Waals surface area contributed by atoms with Gasteiger partial charge < -0.3 is 9.80 Å². The summed E-state index contributed by atoms with van der Waals surface area (Å²) in [5, 5.41) is 10.8. The molecular formula is C25H23N3O4S. The van der Waals surface area contributed by atoms with Crippen molar-refractivity contribution in [1.29, 1.82) is 0 Å². The SMILES string of the molecule is C[C@@H]1N(c2ccc([N+](=O)[O-])cc2)C(=O)[C@@]1(SC(=O)N(C)Cc1ccccc1)c1ccccc1. The lowest BCUT2D eigenvalue weighted by Crippen LogP contribution is -2.69. The summed E-state index contributed by atoms with van der Waals surface area (Å²) in [5.74, 6) is -0.221. The van der Waals surface area contributed by atoms with E-state index in [-0.39, 0.29) is 22.9 Å². The van der Waals surface area contributed by atoms with Crippen LogP contribution < -0.4 is 4.90 Å². The number of hydrogen-bond acceptors (Lipinski definition) is 5. The van der Waals surface area contributed by atoms with Gasteiger partial charge in [0.15, 0.2) is 0 Å². The minimum Gasteiger partial charge on any atom is -0.332 e. The minimum absolute atomic E-state index is 0.0409. The van der Waals surface area contributed by atoms with Crippen molar-refractivity contribution >= 4 is 34.3 Å². The van der Waals surface area contributed by atoms with E-state index in [1.807, 2.05) is 67.6 Å². The van der Waals surface area contributed by atoms with Crippen molar-refractivity contribution in [2.24, 2.45) is 0 Å². The van der Waals surface area contributed by atoms with E-state index in [1.54, 1.807) is 29.0 Å². The van der Waals surface area contributed by atoms with Crippen molar-refractivity contribution in [2.45, 2.75) is 24.3 Å². The highest BCUT2D eigenvalue weighted by molar-refractivity contribution is 8.15. The molecule has 3 aromatic rings. The number of nitrogens with zero attached hydrogens (tertiary/aromatic N) is 3. The summed E-state index contributed by atoms with van der Waals surface area (Å²) < 4.78 is -1.08. The number of nitro benzene ring substituents is 1. The normalized spacial score (nSPS) is 19.6. The molecule has 33 heavy (non-hydrogen) atoms. The summed E-state index contributed by atoms with van der Waals surface area (Å²) in [4.78, 5) is 40.6. The van der Waals surface area contributed by atoms with E-state index in [4.69, 9.17) is 0 Å². The van der Waals surface area contributed by atoms with E-state index in [0.717, 1.165) is 22.9 Å². The predicted molar refractivity (Wildman–Crippen MR) is 129 cm³/mol. The average Bonchev–Trinajstić information content (AvgIpc) is 2.84. The molecule has 4 rings (SSSR count). The first kappa shape index (κ1) is 22.5. The lowest BCUT2D eigenvalue weighted by molar-refractivity contribution is -0.384. The molecular weight excluding hydrogens is 438 g/mol. The highest BCUT2D eigenvalue weighted by atomic mass is 32.2. The third kappa shape index (κ3) is 4.09. The van der Waals surface area contributed by atoms with E-state index in [1.165, 1.54) is 12.1 Å². The fourth-order valence-corrected chi connectivity index (χ4v) is 5.31. The largest absolute Gasteiger partial charge is 0.332 e. The second-order valence-corrected chi connectivity index (χ2v) is 9.13. The molecule has 1 fully saturated rings. The summed E-state index contributed by atoms with van der Waals surface area (Å²) >= 11 is 1.02. The number of thioether (sulfide) groups is 1. The van der Waals surface area contributed by atoms with Crippen LogP contribution in [0.5, 0.6) is 0 Å². The van der Waals surface area contributed by atoms with Crippen LogP contribution in [0.2, 0.25) is 0 Å². The quantitative estimate of drug-likeness (QED) is 0.286. The Kier molecular flexibility index (Phi) is 6.20. The topological polar surface area (TPSA) is 83.8 Å². The van der Waals surface area contributed by atoms with E-state index in [9.17, 15) is 19.7 Å². The zero-order valence-corrected chi connectivity index (χ0v) is 19.1. The highest BCUT2D eigenvalue weighted by Crippen LogP contribution is 2.53. The van der Waals surface area contributed by atoms with Crippen molar-refractivity contribution in [3.63, 3.8) is 0 Å². The maximum atomic E-state index is 13.6. The summed E-state index contributed by atoms with van der Waals surface area (Å²) in [6.45, 7) is 2.33. The molecule has 8 heteroatoms. The number of amides is 2. The Balaban J connectivity index is 1.61. The minimum atomic E-state index is -1.08. The predicted octanol–water partition coefficient (Wildman–Crippen LogP) is 5.21. The summed E-state index contributed by atoms with van der Waals surface area (Å²) in [6, 6.07) is 24.5. The number of benzene rings is 3. The molecule has 1 aliphatic rings. The van der Waals surface area contributed by atoms with E-state index in [2.05, 4.69) is 0 Å². The molecule has 0 aliphatic carbocycles. The zero-order chi connectivity index (χ0) is 23.6. The van der Waals surface area contributed by atoms with Gasteiger partial charge in [0.2, 0.25) is 0 Å². The van der Waals surface area contributed by atoms with E-state index < -0.39 is 9.67 Å². The van der Waals surface area contributed by atoms with Gasteiger partial charge in [-0.3, -0.25) is 19.7 Å². The Labute approximate surface area is 196 Å². The molecule has 1 saturated heterocycles. The standard InChI is InChI=1S/C25H23N3O4S/c1-18-25(20-11-7-4-8-12-20,33-24(30)26(2)17-19-9-5-3-6-10-19)23(29)27(18)21-13-15-22(16-14-21)28(31)32/h3-16,18H,17H2,1-2H3/t18-,25-/m0/s1. The maximum absolute atomic E-state index is 13.6. The van der Waals surface area contributed by atoms with Crippen LogP contribution in [0.1, 0.15) is 18.1 Å². The summed E-state index contributed by atoms with van der Waals surface area (Å²) in [7, 11) is 1.73. The molecule has 2 amide bonds. The first-order valence-electron chi connectivity index (χ1n) is 10.5. The summed E-state index contributed by atoms with van der Waals surface area (Å²) in [5.41, 5.74) is 2.28. The number of β-lactam (4-membered cyclic amide) rings is 1. The molecule has 0 N–H and O–H groups in total. The molecule has 0 saturated carbocycles. The van der Waals surface area contributed by atoms with Crippen LogP contribution in [-0.4, -0.2) is 34.1 Å². The molecule has 0 radical (unpaired) electrons. The Morgan fingerprint density at radius 3 is 2.15 bits per heavy atom. The van der Waals surface area contributed by atoms with Crippen molar-refractivity contribution in [1.82, 2.24) is 4.90 Å². The van der Waals surface area contributed by atoms with Gasteiger partial charge in [0, 0.05) is 31.4 Å². The molecule has 0 bridgehead atoms. The van der Waals surface area contributed by atoms with Crippen LogP contribution in [0, 0.1) is 10.1 Å². The molecule has 0 unspecified atom stereocenters. The summed E-state index contributed by atoms with van der Waals surface area (Å²) in [6.07, 6.45) is 0. The first-order valence-corrected chi connectivity index (χ1v) is 11.3. The molecule has 1 aliphatic heterocycles. The highest BCUT2D eigenvalue weighted by Gasteiger charge is 2.62. The smallest absolute Gasteiger partial charge is 0.283 e. The van der Waals surface area contributed by atoms with Crippen LogP contribution >= 0.6 is 11.8 Å². The van der Waals surface area contributed by atoms with Gasteiger partial charge in [-0.2, -0.15) is 0 Å². The zero-order valence-electron chi connectivity index (χ0n) is 18.3. The molecule has 3 aromatic carbocycles. The number of non-ortho nitro benzene ring substituents is 1. The molecule has 0 spiro atoms. The van der Waals surface area contributed by atoms with E-state index >= 15 is 0 Å². The fraction of sp³-hybridized carbons (Fsp3) is 0.200. The fourth-order valence-electron chi connectivity index (χ4n) is 4.10. The van der Waals surface area contributed by atoms with Crippen molar-refractivity contribution in [3.8, 4) is 0 Å². The number of rotatable bonds is 6. The van der Waals surface area contributed by atoms with Crippen LogP contribution in [-0.2, 0) is 16.1 Å². The number of hydrogen-bond donors (Lipinski definition) is 0. The molecule has 0 aromatic heterocycles. The molecule has 7 nitrogen and oxygen atoms in total. The van der Waals surface area contributed by atoms with Gasteiger partial charge in [-0.25, -0.2) is 0 Å². The third-order valence-corrected chi connectivity index (χ3v) is 7.44. The first-order chi connectivity index (χ1) is 15.8. The van der Waals surface area contributed by atoms with E-state index in [0.29, 0.717) is 12.2 Å². The number of nitro groups is 1. The number of carbonyl (C=O) groups excluding carboxylic acids is 2. The van der Waals surface area contributed by atoms with Crippen LogP contribution in [0.3, 0.4) is 0 Å².